The maximum Gasteiger partial charge on any atom is 0.345 e. The number of aromatic amines is 1. The number of carbonyl (C=O) groups is 2. The van der Waals surface area contributed by atoms with Gasteiger partial charge in [-0.15, -0.1) is 11.3 Å². The number of nitrogens with one attached hydrogen (secondary N) is 2. The van der Waals surface area contributed by atoms with Gasteiger partial charge in [-0.1, -0.05) is 0 Å². The molecular weight excluding hydrogens is 290 g/mol. The van der Waals surface area contributed by atoms with Crippen molar-refractivity contribution in [3.05, 3.63) is 46.6 Å². The highest BCUT2D eigenvalue weighted by molar-refractivity contribution is 7.20. The lowest BCUT2D eigenvalue weighted by Gasteiger charge is -2.02. The molecule has 21 heavy (non-hydrogen) atoms. The van der Waals surface area contributed by atoms with E-state index in [0.29, 0.717) is 11.4 Å². The smallest absolute Gasteiger partial charge is 0.345 e. The molecule has 6 nitrogen and oxygen atoms in total. The van der Waals surface area contributed by atoms with Crippen LogP contribution in [0.4, 0.5) is 5.69 Å². The van der Waals surface area contributed by atoms with E-state index in [1.165, 1.54) is 11.3 Å². The number of H-pyrrole nitrogens is 1. The number of carboxylic acid groups (broad SMARTS) is 1. The average Bonchev–Trinajstić information content (AvgIpc) is 3.04. The van der Waals surface area contributed by atoms with Gasteiger partial charge in [0.05, 0.1) is 0 Å². The Balaban J connectivity index is 1.87. The van der Waals surface area contributed by atoms with E-state index >= 15 is 0 Å². The fraction of sp³-hybridized carbons (Fsp3) is 0.0714. The molecule has 3 N–H and O–H groups in total. The Bertz CT molecular complexity index is 850. The lowest BCUT2D eigenvalue weighted by molar-refractivity contribution is 0.0702. The highest BCUT2D eigenvalue weighted by Crippen LogP contribution is 2.28. The molecule has 1 aromatic carbocycles. The van der Waals surface area contributed by atoms with E-state index in [-0.39, 0.29) is 10.8 Å². The molecule has 0 unspecified atom stereocenters. The van der Waals surface area contributed by atoms with Gasteiger partial charge in [-0.25, -0.2) is 4.79 Å². The van der Waals surface area contributed by atoms with E-state index < -0.39 is 5.97 Å². The van der Waals surface area contributed by atoms with Crippen LogP contribution in [0.2, 0.25) is 0 Å². The first-order valence-corrected chi connectivity index (χ1v) is 6.95. The van der Waals surface area contributed by atoms with Crippen molar-refractivity contribution in [3.8, 4) is 0 Å². The van der Waals surface area contributed by atoms with Gasteiger partial charge in [0.2, 0.25) is 0 Å². The molecule has 1 amide bonds. The van der Waals surface area contributed by atoms with Crippen LogP contribution in [0.25, 0.3) is 10.1 Å². The van der Waals surface area contributed by atoms with Gasteiger partial charge < -0.3 is 10.4 Å². The minimum absolute atomic E-state index is 0.274. The number of nitrogens with zero attached hydrogens (tertiary/aromatic N) is 1. The lowest BCUT2D eigenvalue weighted by atomic mass is 10.2. The number of carboxylic acids is 1. The molecule has 106 valence electrons. The van der Waals surface area contributed by atoms with Crippen molar-refractivity contribution in [2.24, 2.45) is 0 Å². The van der Waals surface area contributed by atoms with Crippen molar-refractivity contribution in [2.75, 3.05) is 5.32 Å². The summed E-state index contributed by atoms with van der Waals surface area (Å²) in [6.07, 6.45) is 0. The van der Waals surface area contributed by atoms with Gasteiger partial charge >= 0.3 is 5.97 Å². The van der Waals surface area contributed by atoms with Gasteiger partial charge in [0.1, 0.15) is 4.88 Å². The SMILES string of the molecule is Cc1cc(C(=O)Nc2ccc3sc(C(=O)O)cc3c2)n[nH]1. The van der Waals surface area contributed by atoms with E-state index in [1.54, 1.807) is 30.3 Å². The minimum Gasteiger partial charge on any atom is -0.477 e. The Hall–Kier alpha value is -2.67. The molecule has 0 atom stereocenters. The highest BCUT2D eigenvalue weighted by Gasteiger charge is 2.12. The van der Waals surface area contributed by atoms with E-state index in [9.17, 15) is 9.59 Å². The van der Waals surface area contributed by atoms with Crippen molar-refractivity contribution in [2.45, 2.75) is 6.92 Å². The first-order chi connectivity index (χ1) is 10.0. The molecule has 0 fully saturated rings. The number of aryl methyl sites for hydroxylation is 1. The molecular formula is C14H11N3O3S. The third kappa shape index (κ3) is 2.63. The maximum atomic E-state index is 12.0. The van der Waals surface area contributed by atoms with Crippen LogP contribution in [-0.2, 0) is 0 Å². The van der Waals surface area contributed by atoms with Gasteiger partial charge in [-0.3, -0.25) is 9.89 Å². The molecule has 0 saturated heterocycles. The Morgan fingerprint density at radius 1 is 1.29 bits per heavy atom. The molecule has 3 rings (SSSR count). The summed E-state index contributed by atoms with van der Waals surface area (Å²) in [7, 11) is 0. The Kier molecular flexibility index (Phi) is 3.19. The van der Waals surface area contributed by atoms with Crippen molar-refractivity contribution >= 4 is 39.0 Å². The fourth-order valence-corrected chi connectivity index (χ4v) is 2.84. The molecule has 0 aliphatic rings. The molecule has 0 radical (unpaired) electrons. The monoisotopic (exact) mass is 301 g/mol. The van der Waals surface area contributed by atoms with Crippen LogP contribution in [-0.4, -0.2) is 27.2 Å². The van der Waals surface area contributed by atoms with Gasteiger partial charge in [0, 0.05) is 16.1 Å². The second-order valence-corrected chi connectivity index (χ2v) is 5.64. The minimum atomic E-state index is -0.950. The summed E-state index contributed by atoms with van der Waals surface area (Å²) in [6.45, 7) is 1.81. The third-order valence-corrected chi connectivity index (χ3v) is 4.03. The Labute approximate surface area is 123 Å². The molecule has 2 aromatic heterocycles. The summed E-state index contributed by atoms with van der Waals surface area (Å²) in [5.41, 5.74) is 1.71. The highest BCUT2D eigenvalue weighted by atomic mass is 32.1. The number of carbonyl (C=O) groups excluding carboxylic acids is 1. The molecule has 0 aliphatic carbocycles. The summed E-state index contributed by atoms with van der Waals surface area (Å²) in [5.74, 6) is -1.26. The van der Waals surface area contributed by atoms with Gasteiger partial charge in [0.25, 0.3) is 5.91 Å². The van der Waals surface area contributed by atoms with E-state index in [1.807, 2.05) is 6.92 Å². The van der Waals surface area contributed by atoms with Crippen molar-refractivity contribution in [3.63, 3.8) is 0 Å². The van der Waals surface area contributed by atoms with E-state index in [0.717, 1.165) is 15.8 Å². The summed E-state index contributed by atoms with van der Waals surface area (Å²) in [4.78, 5) is 23.2. The summed E-state index contributed by atoms with van der Waals surface area (Å²) < 4.78 is 0.862. The molecule has 0 bridgehead atoms. The number of aromatic nitrogens is 2. The van der Waals surface area contributed by atoms with Crippen LogP contribution in [0.5, 0.6) is 0 Å². The zero-order valence-electron chi connectivity index (χ0n) is 11.0. The number of hydrogen-bond acceptors (Lipinski definition) is 4. The number of anilines is 1. The van der Waals surface area contributed by atoms with Crippen molar-refractivity contribution < 1.29 is 14.7 Å². The van der Waals surface area contributed by atoms with Crippen LogP contribution in [0.15, 0.2) is 30.3 Å². The number of amides is 1. The summed E-state index contributed by atoms with van der Waals surface area (Å²) in [5, 5.41) is 19.1. The quantitative estimate of drug-likeness (QED) is 0.693. The van der Waals surface area contributed by atoms with Crippen LogP contribution in [0.1, 0.15) is 25.9 Å². The first-order valence-electron chi connectivity index (χ1n) is 6.13. The fourth-order valence-electron chi connectivity index (χ4n) is 1.96. The molecule has 0 aliphatic heterocycles. The second kappa shape index (κ2) is 5.02. The van der Waals surface area contributed by atoms with E-state index in [4.69, 9.17) is 5.11 Å². The van der Waals surface area contributed by atoms with Gasteiger partial charge in [0.15, 0.2) is 5.69 Å². The number of thiophene rings is 1. The molecule has 0 spiro atoms. The maximum absolute atomic E-state index is 12.0. The van der Waals surface area contributed by atoms with Crippen molar-refractivity contribution in [1.82, 2.24) is 10.2 Å². The predicted molar refractivity (Wildman–Crippen MR) is 80.1 cm³/mol. The first kappa shape index (κ1) is 13.3. The molecule has 2 heterocycles. The predicted octanol–water partition coefficient (Wildman–Crippen LogP) is 2.88. The standard InChI is InChI=1S/C14H11N3O3S/c1-7-4-10(17-16-7)13(18)15-9-2-3-11-8(5-9)6-12(21-11)14(19)20/h2-6H,1H3,(H,15,18)(H,16,17)(H,19,20). The topological polar surface area (TPSA) is 95.1 Å². The lowest BCUT2D eigenvalue weighted by Crippen LogP contribution is -2.12. The van der Waals surface area contributed by atoms with E-state index in [2.05, 4.69) is 15.5 Å². The number of rotatable bonds is 3. The largest absolute Gasteiger partial charge is 0.477 e. The Morgan fingerprint density at radius 3 is 2.76 bits per heavy atom. The normalized spacial score (nSPS) is 10.7. The molecule has 7 heteroatoms. The Morgan fingerprint density at radius 2 is 2.10 bits per heavy atom. The third-order valence-electron chi connectivity index (χ3n) is 2.92. The zero-order valence-corrected chi connectivity index (χ0v) is 11.8. The molecule has 0 saturated carbocycles. The average molecular weight is 301 g/mol. The van der Waals surface area contributed by atoms with Crippen LogP contribution in [0.3, 0.4) is 0 Å². The second-order valence-electron chi connectivity index (χ2n) is 4.56. The van der Waals surface area contributed by atoms with Crippen LogP contribution >= 0.6 is 11.3 Å². The van der Waals surface area contributed by atoms with Crippen LogP contribution < -0.4 is 5.32 Å². The van der Waals surface area contributed by atoms with Gasteiger partial charge in [-0.05, 0) is 42.6 Å². The van der Waals surface area contributed by atoms with Crippen LogP contribution in [0, 0.1) is 6.92 Å². The zero-order chi connectivity index (χ0) is 15.0. The van der Waals surface area contributed by atoms with Crippen molar-refractivity contribution in [1.29, 1.82) is 0 Å². The molecule has 3 aromatic rings. The summed E-state index contributed by atoms with van der Waals surface area (Å²) >= 11 is 1.20. The number of benzene rings is 1. The summed E-state index contributed by atoms with van der Waals surface area (Å²) in [6, 6.07) is 8.52. The number of fused-ring (bicyclic) bond motifs is 1. The number of hydrogen-bond donors (Lipinski definition) is 3. The van der Waals surface area contributed by atoms with Gasteiger partial charge in [-0.2, -0.15) is 5.10 Å². The number of aromatic carboxylic acids is 1.